The molecule has 0 aliphatic rings. The van der Waals surface area contributed by atoms with E-state index in [1.807, 2.05) is 0 Å². The maximum atomic E-state index is 12.9. The van der Waals surface area contributed by atoms with Crippen molar-refractivity contribution < 1.29 is 28.6 Å². The van der Waals surface area contributed by atoms with Gasteiger partial charge in [-0.3, -0.25) is 14.4 Å². The third-order valence-electron chi connectivity index (χ3n) is 16.5. The van der Waals surface area contributed by atoms with Crippen LogP contribution in [0.1, 0.15) is 412 Å². The normalized spacial score (nSPS) is 12.0. The van der Waals surface area contributed by atoms with E-state index in [-0.39, 0.29) is 31.1 Å². The van der Waals surface area contributed by atoms with E-state index >= 15 is 0 Å². The van der Waals surface area contributed by atoms with Crippen LogP contribution in [0.3, 0.4) is 0 Å². The first-order valence-corrected chi connectivity index (χ1v) is 35.7. The van der Waals surface area contributed by atoms with E-state index < -0.39 is 6.10 Å². The van der Waals surface area contributed by atoms with E-state index in [0.29, 0.717) is 19.3 Å². The van der Waals surface area contributed by atoms with Gasteiger partial charge in [-0.05, 0) is 44.9 Å². The van der Waals surface area contributed by atoms with Gasteiger partial charge in [0.1, 0.15) is 13.2 Å². The van der Waals surface area contributed by atoms with Crippen molar-refractivity contribution in [3.05, 3.63) is 12.2 Å². The van der Waals surface area contributed by atoms with Crippen LogP contribution in [0.15, 0.2) is 12.2 Å². The molecule has 0 radical (unpaired) electrons. The Bertz CT molecular complexity index is 1210. The molecular formula is C72H138O6. The molecule has 0 bridgehead atoms. The summed E-state index contributed by atoms with van der Waals surface area (Å²) >= 11 is 0. The molecule has 0 rings (SSSR count). The van der Waals surface area contributed by atoms with Crippen LogP contribution in [0.5, 0.6) is 0 Å². The first-order chi connectivity index (χ1) is 38.5. The molecule has 6 nitrogen and oxygen atoms in total. The van der Waals surface area contributed by atoms with E-state index in [0.717, 1.165) is 57.8 Å². The van der Waals surface area contributed by atoms with Gasteiger partial charge in [-0.1, -0.05) is 360 Å². The molecule has 6 heteroatoms. The zero-order valence-corrected chi connectivity index (χ0v) is 53.2. The summed E-state index contributed by atoms with van der Waals surface area (Å²) in [5.41, 5.74) is 0. The molecule has 0 heterocycles. The fraction of sp³-hybridized carbons (Fsp3) is 0.931. The summed E-state index contributed by atoms with van der Waals surface area (Å²) in [6.45, 7) is 6.70. The summed E-state index contributed by atoms with van der Waals surface area (Å²) in [5, 5.41) is 0. The zero-order valence-electron chi connectivity index (χ0n) is 53.2. The lowest BCUT2D eigenvalue weighted by Gasteiger charge is -2.18. The second-order valence-corrected chi connectivity index (χ2v) is 24.5. The predicted molar refractivity (Wildman–Crippen MR) is 340 cm³/mol. The average Bonchev–Trinajstić information content (AvgIpc) is 3.44. The molecule has 78 heavy (non-hydrogen) atoms. The monoisotopic (exact) mass is 1100 g/mol. The van der Waals surface area contributed by atoms with Crippen LogP contribution in [0.25, 0.3) is 0 Å². The molecule has 0 fully saturated rings. The van der Waals surface area contributed by atoms with Crippen molar-refractivity contribution in [2.24, 2.45) is 0 Å². The Balaban J connectivity index is 4.04. The number of unbranched alkanes of at least 4 members (excludes halogenated alkanes) is 54. The highest BCUT2D eigenvalue weighted by Gasteiger charge is 2.19. The Morgan fingerprint density at radius 1 is 0.244 bits per heavy atom. The summed E-state index contributed by atoms with van der Waals surface area (Å²) in [6.07, 6.45) is 81.3. The minimum Gasteiger partial charge on any atom is -0.462 e. The Morgan fingerprint density at radius 3 is 0.641 bits per heavy atom. The first kappa shape index (κ1) is 76.1. The Morgan fingerprint density at radius 2 is 0.423 bits per heavy atom. The SMILES string of the molecule is CCCCCCCCCC/C=C\CCCCCCCCCCCCCCCC(=O)OC(COC(=O)CCCCCCCCCC)COC(=O)CCCCCCCCCCCCCCCCCCCCCCCCCCCCC. The minimum absolute atomic E-state index is 0.0633. The van der Waals surface area contributed by atoms with Gasteiger partial charge in [0.2, 0.25) is 0 Å². The highest BCUT2D eigenvalue weighted by Crippen LogP contribution is 2.19. The fourth-order valence-electron chi connectivity index (χ4n) is 11.2. The van der Waals surface area contributed by atoms with Gasteiger partial charge in [0.25, 0.3) is 0 Å². The van der Waals surface area contributed by atoms with Crippen LogP contribution in [-0.4, -0.2) is 37.2 Å². The molecule has 462 valence electrons. The van der Waals surface area contributed by atoms with Crippen molar-refractivity contribution in [1.82, 2.24) is 0 Å². The highest BCUT2D eigenvalue weighted by molar-refractivity contribution is 5.71. The maximum absolute atomic E-state index is 12.9. The topological polar surface area (TPSA) is 78.9 Å². The summed E-state index contributed by atoms with van der Waals surface area (Å²) in [4.78, 5) is 38.2. The fourth-order valence-corrected chi connectivity index (χ4v) is 11.2. The molecule has 1 atom stereocenters. The standard InChI is InChI=1S/C72H138O6/c1-4-7-10-13-16-19-21-23-25-27-29-31-33-35-36-38-39-41-43-45-47-49-51-53-56-59-62-65-71(74)77-68-69(67-76-70(73)64-61-58-55-18-15-12-9-6-3)78-72(75)66-63-60-57-54-52-50-48-46-44-42-40-37-34-32-30-28-26-24-22-20-17-14-11-8-5-2/h28,30,69H,4-27,29,31-68H2,1-3H3/b30-28-. The predicted octanol–water partition coefficient (Wildman–Crippen LogP) is 24.4. The molecular weight excluding hydrogens is 961 g/mol. The second-order valence-electron chi connectivity index (χ2n) is 24.5. The van der Waals surface area contributed by atoms with Crippen molar-refractivity contribution in [3.63, 3.8) is 0 Å². The lowest BCUT2D eigenvalue weighted by atomic mass is 10.0. The Kier molecular flexibility index (Phi) is 66.0. The first-order valence-electron chi connectivity index (χ1n) is 35.7. The van der Waals surface area contributed by atoms with Crippen LogP contribution in [0, 0.1) is 0 Å². The Labute approximate surface area is 488 Å². The molecule has 1 unspecified atom stereocenters. The van der Waals surface area contributed by atoms with E-state index in [4.69, 9.17) is 14.2 Å². The largest absolute Gasteiger partial charge is 0.462 e. The smallest absolute Gasteiger partial charge is 0.306 e. The van der Waals surface area contributed by atoms with Crippen LogP contribution in [0.2, 0.25) is 0 Å². The molecule has 0 aliphatic heterocycles. The van der Waals surface area contributed by atoms with Gasteiger partial charge in [-0.25, -0.2) is 0 Å². The maximum Gasteiger partial charge on any atom is 0.306 e. The van der Waals surface area contributed by atoms with Gasteiger partial charge in [0.05, 0.1) is 0 Å². The molecule has 0 spiro atoms. The lowest BCUT2D eigenvalue weighted by molar-refractivity contribution is -0.167. The quantitative estimate of drug-likeness (QED) is 0.0261. The third kappa shape index (κ3) is 65.0. The van der Waals surface area contributed by atoms with E-state index in [1.54, 1.807) is 0 Å². The van der Waals surface area contributed by atoms with Gasteiger partial charge in [-0.15, -0.1) is 0 Å². The minimum atomic E-state index is -0.765. The molecule has 0 aromatic rings. The summed E-state index contributed by atoms with van der Waals surface area (Å²) in [7, 11) is 0. The van der Waals surface area contributed by atoms with Gasteiger partial charge < -0.3 is 14.2 Å². The number of rotatable bonds is 67. The van der Waals surface area contributed by atoms with E-state index in [9.17, 15) is 14.4 Å². The van der Waals surface area contributed by atoms with Crippen LogP contribution in [-0.2, 0) is 28.6 Å². The van der Waals surface area contributed by atoms with Crippen molar-refractivity contribution in [2.75, 3.05) is 13.2 Å². The second kappa shape index (κ2) is 67.7. The van der Waals surface area contributed by atoms with Crippen molar-refractivity contribution in [1.29, 1.82) is 0 Å². The van der Waals surface area contributed by atoms with Crippen LogP contribution < -0.4 is 0 Å². The van der Waals surface area contributed by atoms with Crippen LogP contribution in [0.4, 0.5) is 0 Å². The lowest BCUT2D eigenvalue weighted by Crippen LogP contribution is -2.30. The number of carbonyl (C=O) groups excluding carboxylic acids is 3. The highest BCUT2D eigenvalue weighted by atomic mass is 16.6. The van der Waals surface area contributed by atoms with Crippen LogP contribution >= 0.6 is 0 Å². The van der Waals surface area contributed by atoms with Gasteiger partial charge in [0.15, 0.2) is 6.10 Å². The third-order valence-corrected chi connectivity index (χ3v) is 16.5. The number of allylic oxidation sites excluding steroid dienone is 2. The number of hydrogen-bond acceptors (Lipinski definition) is 6. The molecule has 0 aromatic heterocycles. The molecule has 0 aliphatic carbocycles. The summed E-state index contributed by atoms with van der Waals surface area (Å²) < 4.78 is 16.9. The number of hydrogen-bond donors (Lipinski definition) is 0. The molecule has 0 N–H and O–H groups in total. The molecule has 0 aromatic carbocycles. The van der Waals surface area contributed by atoms with Gasteiger partial charge in [-0.2, -0.15) is 0 Å². The number of carbonyl (C=O) groups is 3. The average molecular weight is 1100 g/mol. The Hall–Kier alpha value is -1.85. The molecule has 0 saturated carbocycles. The van der Waals surface area contributed by atoms with Crippen molar-refractivity contribution in [3.8, 4) is 0 Å². The zero-order chi connectivity index (χ0) is 56.4. The number of ether oxygens (including phenoxy) is 3. The van der Waals surface area contributed by atoms with Crippen molar-refractivity contribution >= 4 is 17.9 Å². The summed E-state index contributed by atoms with van der Waals surface area (Å²) in [5.74, 6) is -0.836. The number of esters is 3. The van der Waals surface area contributed by atoms with Gasteiger partial charge >= 0.3 is 17.9 Å². The van der Waals surface area contributed by atoms with Crippen molar-refractivity contribution in [2.45, 2.75) is 419 Å². The van der Waals surface area contributed by atoms with Gasteiger partial charge in [0, 0.05) is 19.3 Å². The van der Waals surface area contributed by atoms with E-state index in [1.165, 1.54) is 315 Å². The molecule has 0 saturated heterocycles. The molecule has 0 amide bonds. The van der Waals surface area contributed by atoms with E-state index in [2.05, 4.69) is 32.9 Å². The summed E-state index contributed by atoms with van der Waals surface area (Å²) in [6, 6.07) is 0.